The first-order valence-electron chi connectivity index (χ1n) is 7.09. The highest BCUT2D eigenvalue weighted by atomic mass is 16.5. The van der Waals surface area contributed by atoms with Gasteiger partial charge in [-0.05, 0) is 18.9 Å². The van der Waals surface area contributed by atoms with Crippen molar-refractivity contribution in [1.82, 2.24) is 10.2 Å². The number of methoxy groups -OCH3 is 2. The van der Waals surface area contributed by atoms with Crippen LogP contribution in [0.4, 0.5) is 0 Å². The first-order valence-corrected chi connectivity index (χ1v) is 7.09. The molecule has 1 N–H and O–H groups in total. The van der Waals surface area contributed by atoms with Crippen LogP contribution in [0.25, 0.3) is 0 Å². The van der Waals surface area contributed by atoms with Gasteiger partial charge in [0, 0.05) is 46.5 Å². The van der Waals surface area contributed by atoms with Gasteiger partial charge in [-0.3, -0.25) is 4.90 Å². The molecular weight excluding hydrogens is 228 g/mol. The van der Waals surface area contributed by atoms with Crippen molar-refractivity contribution in [1.29, 1.82) is 0 Å². The normalized spacial score (nSPS) is 13.5. The Bertz CT molecular complexity index is 177. The molecular formula is C14H32N2O2. The maximum Gasteiger partial charge on any atom is 0.0589 e. The van der Waals surface area contributed by atoms with Crippen molar-refractivity contribution in [2.45, 2.75) is 33.2 Å². The second-order valence-electron chi connectivity index (χ2n) is 4.99. The highest BCUT2D eigenvalue weighted by Crippen LogP contribution is 2.11. The third kappa shape index (κ3) is 8.03. The Morgan fingerprint density at radius 2 is 1.72 bits per heavy atom. The van der Waals surface area contributed by atoms with Gasteiger partial charge >= 0.3 is 0 Å². The summed E-state index contributed by atoms with van der Waals surface area (Å²) in [5.74, 6) is 0.642. The molecule has 0 aliphatic carbocycles. The number of ether oxygens (including phenoxy) is 2. The van der Waals surface area contributed by atoms with Crippen LogP contribution in [0.5, 0.6) is 0 Å². The Balaban J connectivity index is 4.32. The summed E-state index contributed by atoms with van der Waals surface area (Å²) in [5, 5.41) is 3.46. The van der Waals surface area contributed by atoms with Crippen LogP contribution in [0, 0.1) is 5.92 Å². The molecule has 0 saturated carbocycles. The van der Waals surface area contributed by atoms with E-state index in [0.29, 0.717) is 12.0 Å². The van der Waals surface area contributed by atoms with Crippen LogP contribution in [0.2, 0.25) is 0 Å². The van der Waals surface area contributed by atoms with E-state index >= 15 is 0 Å². The number of rotatable bonds is 12. The third-order valence-corrected chi connectivity index (χ3v) is 3.22. The topological polar surface area (TPSA) is 33.7 Å². The zero-order valence-corrected chi connectivity index (χ0v) is 12.9. The van der Waals surface area contributed by atoms with Crippen molar-refractivity contribution >= 4 is 0 Å². The summed E-state index contributed by atoms with van der Waals surface area (Å²) in [7, 11) is 3.53. The van der Waals surface area contributed by atoms with Crippen LogP contribution in [0.3, 0.4) is 0 Å². The molecule has 0 aromatic rings. The predicted molar refractivity (Wildman–Crippen MR) is 77.1 cm³/mol. The Kier molecular flexibility index (Phi) is 11.8. The molecule has 0 radical (unpaired) electrons. The second kappa shape index (κ2) is 11.9. The van der Waals surface area contributed by atoms with Crippen LogP contribution in [-0.2, 0) is 9.47 Å². The van der Waals surface area contributed by atoms with Crippen molar-refractivity contribution in [3.05, 3.63) is 0 Å². The Labute approximate surface area is 113 Å². The van der Waals surface area contributed by atoms with Gasteiger partial charge < -0.3 is 14.8 Å². The lowest BCUT2D eigenvalue weighted by Crippen LogP contribution is -2.47. The maximum absolute atomic E-state index is 5.22. The van der Waals surface area contributed by atoms with E-state index < -0.39 is 0 Å². The largest absolute Gasteiger partial charge is 0.385 e. The number of nitrogens with one attached hydrogen (secondary N) is 1. The van der Waals surface area contributed by atoms with Gasteiger partial charge in [-0.15, -0.1) is 0 Å². The molecule has 0 spiro atoms. The molecule has 4 nitrogen and oxygen atoms in total. The van der Waals surface area contributed by atoms with E-state index in [1.165, 1.54) is 0 Å². The fourth-order valence-electron chi connectivity index (χ4n) is 2.14. The third-order valence-electron chi connectivity index (χ3n) is 3.22. The van der Waals surface area contributed by atoms with E-state index in [0.717, 1.165) is 45.8 Å². The van der Waals surface area contributed by atoms with Crippen molar-refractivity contribution in [2.75, 3.05) is 53.6 Å². The highest BCUT2D eigenvalue weighted by molar-refractivity contribution is 4.77. The minimum Gasteiger partial charge on any atom is -0.385 e. The summed E-state index contributed by atoms with van der Waals surface area (Å²) in [4.78, 5) is 2.52. The van der Waals surface area contributed by atoms with E-state index in [9.17, 15) is 0 Å². The zero-order valence-electron chi connectivity index (χ0n) is 12.9. The molecule has 0 rings (SSSR count). The lowest BCUT2D eigenvalue weighted by Gasteiger charge is -2.34. The van der Waals surface area contributed by atoms with Crippen LogP contribution in [0.15, 0.2) is 0 Å². The molecule has 18 heavy (non-hydrogen) atoms. The van der Waals surface area contributed by atoms with Gasteiger partial charge in [0.25, 0.3) is 0 Å². The van der Waals surface area contributed by atoms with Gasteiger partial charge in [-0.2, -0.15) is 0 Å². The van der Waals surface area contributed by atoms with Crippen LogP contribution >= 0.6 is 0 Å². The molecule has 0 aromatic heterocycles. The summed E-state index contributed by atoms with van der Waals surface area (Å²) < 4.78 is 10.4. The summed E-state index contributed by atoms with van der Waals surface area (Å²) in [6.07, 6.45) is 1.08. The molecule has 0 heterocycles. The van der Waals surface area contributed by atoms with Gasteiger partial charge in [0.2, 0.25) is 0 Å². The van der Waals surface area contributed by atoms with Crippen molar-refractivity contribution in [2.24, 2.45) is 5.92 Å². The molecule has 0 fully saturated rings. The van der Waals surface area contributed by atoms with Gasteiger partial charge in [-0.1, -0.05) is 20.8 Å². The summed E-state index contributed by atoms with van der Waals surface area (Å²) in [6, 6.07) is 0.567. The minimum absolute atomic E-state index is 0.567. The Hall–Kier alpha value is -0.160. The van der Waals surface area contributed by atoms with Crippen LogP contribution in [-0.4, -0.2) is 64.6 Å². The predicted octanol–water partition coefficient (Wildman–Crippen LogP) is 1.61. The van der Waals surface area contributed by atoms with E-state index in [-0.39, 0.29) is 0 Å². The molecule has 0 aliphatic rings. The highest BCUT2D eigenvalue weighted by Gasteiger charge is 2.20. The molecule has 0 aliphatic heterocycles. The first-order chi connectivity index (χ1) is 8.67. The minimum atomic E-state index is 0.567. The summed E-state index contributed by atoms with van der Waals surface area (Å²) >= 11 is 0. The van der Waals surface area contributed by atoms with Crippen molar-refractivity contribution in [3.8, 4) is 0 Å². The average molecular weight is 260 g/mol. The molecule has 0 aromatic carbocycles. The van der Waals surface area contributed by atoms with Gasteiger partial charge in [0.15, 0.2) is 0 Å². The number of likely N-dealkylation sites (N-methyl/N-ethyl adjacent to an activating group) is 1. The molecule has 0 bridgehead atoms. The Morgan fingerprint density at radius 1 is 1.06 bits per heavy atom. The van der Waals surface area contributed by atoms with Crippen molar-refractivity contribution in [3.63, 3.8) is 0 Å². The van der Waals surface area contributed by atoms with E-state index in [1.807, 2.05) is 0 Å². The smallest absolute Gasteiger partial charge is 0.0589 e. The van der Waals surface area contributed by atoms with E-state index in [1.54, 1.807) is 14.2 Å². The molecule has 4 heteroatoms. The van der Waals surface area contributed by atoms with Crippen LogP contribution < -0.4 is 5.32 Å². The van der Waals surface area contributed by atoms with Crippen molar-refractivity contribution < 1.29 is 9.47 Å². The SMILES string of the molecule is CCNCC(C(C)C)N(CCCOC)CCOC. The Morgan fingerprint density at radius 3 is 2.22 bits per heavy atom. The molecule has 1 atom stereocenters. The number of nitrogens with zero attached hydrogens (tertiary/aromatic N) is 1. The van der Waals surface area contributed by atoms with E-state index in [4.69, 9.17) is 9.47 Å². The number of hydrogen-bond acceptors (Lipinski definition) is 4. The maximum atomic E-state index is 5.22. The zero-order chi connectivity index (χ0) is 13.8. The average Bonchev–Trinajstić information content (AvgIpc) is 2.35. The lowest BCUT2D eigenvalue weighted by atomic mass is 10.0. The summed E-state index contributed by atoms with van der Waals surface area (Å²) in [5.41, 5.74) is 0. The fourth-order valence-corrected chi connectivity index (χ4v) is 2.14. The van der Waals surface area contributed by atoms with Gasteiger partial charge in [0.05, 0.1) is 6.61 Å². The first kappa shape index (κ1) is 17.8. The molecule has 0 amide bonds. The number of hydrogen-bond donors (Lipinski definition) is 1. The van der Waals surface area contributed by atoms with E-state index in [2.05, 4.69) is 31.0 Å². The second-order valence-corrected chi connectivity index (χ2v) is 4.99. The quantitative estimate of drug-likeness (QED) is 0.541. The van der Waals surface area contributed by atoms with Gasteiger partial charge in [0.1, 0.15) is 0 Å². The molecule has 1 unspecified atom stereocenters. The lowest BCUT2D eigenvalue weighted by molar-refractivity contribution is 0.0883. The standard InChI is InChI=1S/C14H32N2O2/c1-6-15-12-14(13(2)3)16(9-11-18-5)8-7-10-17-4/h13-15H,6-12H2,1-5H3. The monoisotopic (exact) mass is 260 g/mol. The van der Waals surface area contributed by atoms with Gasteiger partial charge in [-0.25, -0.2) is 0 Å². The molecule has 0 saturated heterocycles. The summed E-state index contributed by atoms with van der Waals surface area (Å²) in [6.45, 7) is 12.5. The molecule has 110 valence electrons. The fraction of sp³-hybridized carbons (Fsp3) is 1.00. The van der Waals surface area contributed by atoms with Crippen LogP contribution in [0.1, 0.15) is 27.2 Å².